The number of hydrogen-bond donors (Lipinski definition) is 1. The van der Waals surface area contributed by atoms with E-state index in [1.54, 1.807) is 0 Å². The van der Waals surface area contributed by atoms with Crippen LogP contribution in [0.3, 0.4) is 0 Å². The third-order valence-corrected chi connectivity index (χ3v) is 3.40. The number of primary amides is 1. The molecule has 1 fully saturated rings. The minimum atomic E-state index is -0.368. The molecule has 6 nitrogen and oxygen atoms in total. The van der Waals surface area contributed by atoms with Crippen LogP contribution in [-0.2, 0) is 17.9 Å². The maximum Gasteiger partial charge on any atom is 0.231 e. The summed E-state index contributed by atoms with van der Waals surface area (Å²) in [5.74, 6) is 1.32. The number of carbonyl (C=O) groups excluding carboxylic acids is 1. The van der Waals surface area contributed by atoms with E-state index in [0.717, 1.165) is 18.4 Å². The molecule has 0 atom stereocenters. The predicted molar refractivity (Wildman–Crippen MR) is 76.0 cm³/mol. The Morgan fingerprint density at radius 1 is 1.24 bits per heavy atom. The number of amides is 1. The van der Waals surface area contributed by atoms with Gasteiger partial charge in [-0.15, -0.1) is 10.2 Å². The smallest absolute Gasteiger partial charge is 0.231 e. The van der Waals surface area contributed by atoms with Crippen molar-refractivity contribution in [1.29, 1.82) is 0 Å². The van der Waals surface area contributed by atoms with Crippen LogP contribution in [0.2, 0.25) is 0 Å². The molecule has 6 heteroatoms. The second kappa shape index (κ2) is 6.05. The van der Waals surface area contributed by atoms with Crippen LogP contribution < -0.4 is 5.73 Å². The van der Waals surface area contributed by atoms with E-state index in [2.05, 4.69) is 10.2 Å². The fraction of sp³-hybridized carbons (Fsp3) is 0.400. The summed E-state index contributed by atoms with van der Waals surface area (Å²) in [6.07, 6.45) is 2.24. The first-order chi connectivity index (χ1) is 10.2. The summed E-state index contributed by atoms with van der Waals surface area (Å²) in [5.41, 5.74) is 6.43. The third-order valence-electron chi connectivity index (χ3n) is 3.40. The second-order valence-corrected chi connectivity index (χ2v) is 5.41. The average Bonchev–Trinajstić information content (AvgIpc) is 3.20. The lowest BCUT2D eigenvalue weighted by atomic mass is 10.2. The molecular formula is C15H18N4O2. The van der Waals surface area contributed by atoms with Gasteiger partial charge in [-0.25, -0.2) is 0 Å². The minimum absolute atomic E-state index is 0.163. The van der Waals surface area contributed by atoms with E-state index in [1.807, 2.05) is 35.2 Å². The highest BCUT2D eigenvalue weighted by Gasteiger charge is 2.29. The number of nitrogens with two attached hydrogens (primary N) is 1. The van der Waals surface area contributed by atoms with Gasteiger partial charge in [-0.05, 0) is 18.4 Å². The Bertz CT molecular complexity index is 607. The Morgan fingerprint density at radius 2 is 2.00 bits per heavy atom. The molecule has 0 unspecified atom stereocenters. The lowest BCUT2D eigenvalue weighted by Crippen LogP contribution is -2.33. The molecule has 0 saturated heterocycles. The first kappa shape index (κ1) is 13.8. The molecule has 3 rings (SSSR count). The highest BCUT2D eigenvalue weighted by atomic mass is 16.4. The third kappa shape index (κ3) is 3.88. The molecule has 1 aliphatic rings. The van der Waals surface area contributed by atoms with Gasteiger partial charge >= 0.3 is 0 Å². The van der Waals surface area contributed by atoms with Crippen LogP contribution in [0.5, 0.6) is 0 Å². The molecule has 1 aromatic carbocycles. The summed E-state index contributed by atoms with van der Waals surface area (Å²) in [6.45, 7) is 1.21. The van der Waals surface area contributed by atoms with Gasteiger partial charge in [0.2, 0.25) is 17.7 Å². The number of carbonyl (C=O) groups is 1. The van der Waals surface area contributed by atoms with E-state index in [0.29, 0.717) is 30.8 Å². The average molecular weight is 286 g/mol. The van der Waals surface area contributed by atoms with Crippen LogP contribution in [0.15, 0.2) is 34.7 Å². The van der Waals surface area contributed by atoms with Crippen LogP contribution in [0, 0.1) is 0 Å². The molecule has 0 radical (unpaired) electrons. The van der Waals surface area contributed by atoms with E-state index in [4.69, 9.17) is 10.2 Å². The van der Waals surface area contributed by atoms with Gasteiger partial charge in [-0.3, -0.25) is 9.69 Å². The molecule has 1 aromatic heterocycles. The van der Waals surface area contributed by atoms with Crippen LogP contribution >= 0.6 is 0 Å². The normalized spacial score (nSPS) is 14.5. The van der Waals surface area contributed by atoms with E-state index in [9.17, 15) is 4.79 Å². The monoisotopic (exact) mass is 286 g/mol. The zero-order valence-corrected chi connectivity index (χ0v) is 11.7. The van der Waals surface area contributed by atoms with Gasteiger partial charge in [0.25, 0.3) is 0 Å². The van der Waals surface area contributed by atoms with Gasteiger partial charge in [0.1, 0.15) is 0 Å². The standard InChI is InChI=1S/C15H18N4O2/c16-13(20)9-19(8-11-4-2-1-3-5-11)10-14-17-18-15(21-14)12-6-7-12/h1-5,12H,6-10H2,(H2,16,20). The first-order valence-corrected chi connectivity index (χ1v) is 7.07. The number of benzene rings is 1. The van der Waals surface area contributed by atoms with E-state index in [1.165, 1.54) is 0 Å². The zero-order valence-electron chi connectivity index (χ0n) is 11.7. The number of aromatic nitrogens is 2. The van der Waals surface area contributed by atoms with Crippen LogP contribution in [0.1, 0.15) is 36.1 Å². The Balaban J connectivity index is 1.67. The van der Waals surface area contributed by atoms with Crippen molar-refractivity contribution in [3.63, 3.8) is 0 Å². The van der Waals surface area contributed by atoms with Crippen molar-refractivity contribution in [2.24, 2.45) is 5.73 Å². The molecule has 0 aliphatic heterocycles. The Morgan fingerprint density at radius 3 is 2.67 bits per heavy atom. The Labute approximate surface area is 123 Å². The molecule has 1 saturated carbocycles. The van der Waals surface area contributed by atoms with Crippen LogP contribution in [0.25, 0.3) is 0 Å². The Kier molecular flexibility index (Phi) is 3.96. The van der Waals surface area contributed by atoms with E-state index < -0.39 is 0 Å². The van der Waals surface area contributed by atoms with Gasteiger partial charge in [0.15, 0.2) is 0 Å². The topological polar surface area (TPSA) is 85.3 Å². The van der Waals surface area contributed by atoms with Gasteiger partial charge in [-0.1, -0.05) is 30.3 Å². The summed E-state index contributed by atoms with van der Waals surface area (Å²) in [5, 5.41) is 8.11. The summed E-state index contributed by atoms with van der Waals surface area (Å²) < 4.78 is 5.64. The molecule has 2 aromatic rings. The SMILES string of the molecule is NC(=O)CN(Cc1ccccc1)Cc1nnc(C2CC2)o1. The molecule has 0 spiro atoms. The van der Waals surface area contributed by atoms with E-state index in [-0.39, 0.29) is 12.5 Å². The molecule has 2 N–H and O–H groups in total. The maximum absolute atomic E-state index is 11.2. The van der Waals surface area contributed by atoms with Crippen LogP contribution in [-0.4, -0.2) is 27.5 Å². The quantitative estimate of drug-likeness (QED) is 0.832. The highest BCUT2D eigenvalue weighted by Crippen LogP contribution is 2.39. The lowest BCUT2D eigenvalue weighted by molar-refractivity contribution is -0.119. The molecule has 110 valence electrons. The molecule has 1 amide bonds. The number of hydrogen-bond acceptors (Lipinski definition) is 5. The van der Waals surface area contributed by atoms with Crippen molar-refractivity contribution in [3.8, 4) is 0 Å². The molecular weight excluding hydrogens is 268 g/mol. The van der Waals surface area contributed by atoms with Crippen molar-refractivity contribution >= 4 is 5.91 Å². The molecule has 0 bridgehead atoms. The summed E-state index contributed by atoms with van der Waals surface area (Å²) in [7, 11) is 0. The zero-order chi connectivity index (χ0) is 14.7. The molecule has 1 aliphatic carbocycles. The molecule has 1 heterocycles. The number of nitrogens with zero attached hydrogens (tertiary/aromatic N) is 3. The fourth-order valence-electron chi connectivity index (χ4n) is 2.25. The largest absolute Gasteiger partial charge is 0.424 e. The first-order valence-electron chi connectivity index (χ1n) is 7.07. The van der Waals surface area contributed by atoms with Gasteiger partial charge < -0.3 is 10.2 Å². The minimum Gasteiger partial charge on any atom is -0.424 e. The number of rotatable bonds is 7. The van der Waals surface area contributed by atoms with Crippen molar-refractivity contribution in [3.05, 3.63) is 47.7 Å². The second-order valence-electron chi connectivity index (χ2n) is 5.41. The van der Waals surface area contributed by atoms with Gasteiger partial charge in [0.05, 0.1) is 13.1 Å². The predicted octanol–water partition coefficient (Wildman–Crippen LogP) is 1.43. The molecule has 21 heavy (non-hydrogen) atoms. The van der Waals surface area contributed by atoms with E-state index >= 15 is 0 Å². The van der Waals surface area contributed by atoms with Crippen molar-refractivity contribution in [2.75, 3.05) is 6.54 Å². The fourth-order valence-corrected chi connectivity index (χ4v) is 2.25. The summed E-state index contributed by atoms with van der Waals surface area (Å²) in [4.78, 5) is 13.1. The van der Waals surface area contributed by atoms with Crippen molar-refractivity contribution in [1.82, 2.24) is 15.1 Å². The lowest BCUT2D eigenvalue weighted by Gasteiger charge is -2.18. The van der Waals surface area contributed by atoms with Gasteiger partial charge in [-0.2, -0.15) is 0 Å². The van der Waals surface area contributed by atoms with Gasteiger partial charge in [0, 0.05) is 12.5 Å². The van der Waals surface area contributed by atoms with Crippen molar-refractivity contribution in [2.45, 2.75) is 31.8 Å². The Hall–Kier alpha value is -2.21. The maximum atomic E-state index is 11.2. The summed E-state index contributed by atoms with van der Waals surface area (Å²) in [6, 6.07) is 9.92. The van der Waals surface area contributed by atoms with Crippen molar-refractivity contribution < 1.29 is 9.21 Å². The van der Waals surface area contributed by atoms with Crippen LogP contribution in [0.4, 0.5) is 0 Å². The summed E-state index contributed by atoms with van der Waals surface area (Å²) >= 11 is 0. The highest BCUT2D eigenvalue weighted by molar-refractivity contribution is 5.75.